The van der Waals surface area contributed by atoms with Crippen LogP contribution in [0.15, 0.2) is 54.6 Å². The lowest BCUT2D eigenvalue weighted by Crippen LogP contribution is -2.38. The van der Waals surface area contributed by atoms with Crippen molar-refractivity contribution in [1.29, 1.82) is 0 Å². The zero-order valence-electron chi connectivity index (χ0n) is 14.2. The standard InChI is InChI=1S/C18H22N4OS/c1-18(2,3)24(23)21(13-15-9-5-4-6-10-15)14-22-17-12-8-7-11-16(17)19-20-22/h4-12H,13-14H2,1-3H3. The fourth-order valence-corrected chi connectivity index (χ4v) is 3.76. The normalized spacial score (nSPS) is 13.5. The van der Waals surface area contributed by atoms with Crippen LogP contribution in [0.3, 0.4) is 0 Å². The van der Waals surface area contributed by atoms with E-state index in [1.54, 1.807) is 0 Å². The van der Waals surface area contributed by atoms with Gasteiger partial charge in [-0.2, -0.15) is 4.31 Å². The van der Waals surface area contributed by atoms with Crippen LogP contribution in [0.1, 0.15) is 26.3 Å². The fourth-order valence-electron chi connectivity index (χ4n) is 2.51. The van der Waals surface area contributed by atoms with Crippen LogP contribution in [0.4, 0.5) is 0 Å². The van der Waals surface area contributed by atoms with E-state index < -0.39 is 11.0 Å². The summed E-state index contributed by atoms with van der Waals surface area (Å²) in [5.41, 5.74) is 2.92. The van der Waals surface area contributed by atoms with Gasteiger partial charge in [-0.3, -0.25) is 0 Å². The number of hydrogen-bond acceptors (Lipinski definition) is 3. The lowest BCUT2D eigenvalue weighted by Gasteiger charge is -2.28. The molecule has 0 saturated heterocycles. The summed E-state index contributed by atoms with van der Waals surface area (Å²) < 4.78 is 16.4. The molecule has 0 aliphatic heterocycles. The number of aromatic nitrogens is 3. The predicted molar refractivity (Wildman–Crippen MR) is 97.4 cm³/mol. The highest BCUT2D eigenvalue weighted by atomic mass is 32.2. The van der Waals surface area contributed by atoms with Gasteiger partial charge in [0.25, 0.3) is 0 Å². The van der Waals surface area contributed by atoms with Crippen molar-refractivity contribution < 1.29 is 4.21 Å². The van der Waals surface area contributed by atoms with Crippen LogP contribution in [0.5, 0.6) is 0 Å². The van der Waals surface area contributed by atoms with Crippen molar-refractivity contribution in [1.82, 2.24) is 19.3 Å². The molecule has 0 amide bonds. The van der Waals surface area contributed by atoms with E-state index in [2.05, 4.69) is 10.3 Å². The van der Waals surface area contributed by atoms with E-state index in [4.69, 9.17) is 0 Å². The van der Waals surface area contributed by atoms with Gasteiger partial charge in [-0.25, -0.2) is 8.89 Å². The van der Waals surface area contributed by atoms with E-state index in [9.17, 15) is 4.21 Å². The molecular formula is C18H22N4OS. The average Bonchev–Trinajstić information content (AvgIpc) is 2.97. The molecule has 1 aromatic heterocycles. The van der Waals surface area contributed by atoms with Crippen molar-refractivity contribution in [3.05, 3.63) is 60.2 Å². The predicted octanol–water partition coefficient (Wildman–Crippen LogP) is 3.35. The average molecular weight is 342 g/mol. The zero-order valence-corrected chi connectivity index (χ0v) is 15.0. The van der Waals surface area contributed by atoms with Crippen LogP contribution < -0.4 is 0 Å². The smallest absolute Gasteiger partial charge is 0.113 e. The van der Waals surface area contributed by atoms with E-state index in [1.807, 2.05) is 84.4 Å². The Morgan fingerprint density at radius 3 is 2.42 bits per heavy atom. The SMILES string of the molecule is CC(C)(C)S(=O)N(Cc1ccccc1)Cn1nnc2ccccc21. The molecular weight excluding hydrogens is 320 g/mol. The number of fused-ring (bicyclic) bond motifs is 1. The van der Waals surface area contributed by atoms with Gasteiger partial charge in [-0.05, 0) is 38.5 Å². The van der Waals surface area contributed by atoms with Gasteiger partial charge < -0.3 is 0 Å². The lowest BCUT2D eigenvalue weighted by molar-refractivity contribution is 0.336. The van der Waals surface area contributed by atoms with Gasteiger partial charge in [0.2, 0.25) is 0 Å². The monoisotopic (exact) mass is 342 g/mol. The Bertz CT molecular complexity index is 839. The second-order valence-electron chi connectivity index (χ2n) is 6.71. The summed E-state index contributed by atoms with van der Waals surface area (Å²) in [6.07, 6.45) is 0. The maximum atomic E-state index is 13.0. The van der Waals surface area contributed by atoms with Crippen LogP contribution in [0.2, 0.25) is 0 Å². The van der Waals surface area contributed by atoms with Gasteiger partial charge in [-0.1, -0.05) is 47.7 Å². The van der Waals surface area contributed by atoms with Gasteiger partial charge in [0, 0.05) is 6.54 Å². The quantitative estimate of drug-likeness (QED) is 0.714. The van der Waals surface area contributed by atoms with Gasteiger partial charge >= 0.3 is 0 Å². The third-order valence-electron chi connectivity index (χ3n) is 3.67. The molecule has 24 heavy (non-hydrogen) atoms. The molecule has 6 heteroatoms. The second-order valence-corrected chi connectivity index (χ2v) is 8.95. The first-order valence-electron chi connectivity index (χ1n) is 7.94. The molecule has 1 atom stereocenters. The highest BCUT2D eigenvalue weighted by Gasteiger charge is 2.27. The van der Waals surface area contributed by atoms with E-state index in [1.165, 1.54) is 0 Å². The summed E-state index contributed by atoms with van der Waals surface area (Å²) in [6, 6.07) is 17.9. The minimum atomic E-state index is -1.16. The van der Waals surface area contributed by atoms with E-state index >= 15 is 0 Å². The van der Waals surface area contributed by atoms with E-state index in [0.29, 0.717) is 13.2 Å². The third-order valence-corrected chi connectivity index (χ3v) is 5.43. The van der Waals surface area contributed by atoms with Crippen molar-refractivity contribution in [3.8, 4) is 0 Å². The van der Waals surface area contributed by atoms with Crippen molar-refractivity contribution in [2.45, 2.75) is 38.7 Å². The molecule has 1 heterocycles. The maximum absolute atomic E-state index is 13.0. The van der Waals surface area contributed by atoms with Crippen molar-refractivity contribution in [2.24, 2.45) is 0 Å². The molecule has 0 radical (unpaired) electrons. The molecule has 2 aromatic carbocycles. The van der Waals surface area contributed by atoms with E-state index in [0.717, 1.165) is 16.6 Å². The Hall–Kier alpha value is -2.05. The summed E-state index contributed by atoms with van der Waals surface area (Å²) >= 11 is 0. The number of para-hydroxylation sites is 1. The van der Waals surface area contributed by atoms with E-state index in [-0.39, 0.29) is 4.75 Å². The summed E-state index contributed by atoms with van der Waals surface area (Å²) in [6.45, 7) is 6.99. The van der Waals surface area contributed by atoms with Gasteiger partial charge in [0.1, 0.15) is 23.2 Å². The molecule has 0 bridgehead atoms. The number of rotatable bonds is 5. The van der Waals surface area contributed by atoms with Gasteiger partial charge in [0.15, 0.2) is 0 Å². The first-order chi connectivity index (χ1) is 11.4. The molecule has 0 aliphatic carbocycles. The molecule has 0 aliphatic rings. The molecule has 3 rings (SSSR count). The number of nitrogens with zero attached hydrogens (tertiary/aromatic N) is 4. The molecule has 5 nitrogen and oxygen atoms in total. The fraction of sp³-hybridized carbons (Fsp3) is 0.333. The van der Waals surface area contributed by atoms with Crippen LogP contribution in [0, 0.1) is 0 Å². The third kappa shape index (κ3) is 3.71. The summed E-state index contributed by atoms with van der Waals surface area (Å²) in [7, 11) is -1.16. The Morgan fingerprint density at radius 1 is 1.04 bits per heavy atom. The molecule has 3 aromatic rings. The molecule has 0 fully saturated rings. The lowest BCUT2D eigenvalue weighted by atomic mass is 10.2. The van der Waals surface area contributed by atoms with Crippen LogP contribution in [0.25, 0.3) is 11.0 Å². The highest BCUT2D eigenvalue weighted by molar-refractivity contribution is 7.84. The largest absolute Gasteiger partial charge is 0.242 e. The number of benzene rings is 2. The van der Waals surface area contributed by atoms with Crippen LogP contribution in [-0.2, 0) is 24.2 Å². The first-order valence-corrected chi connectivity index (χ1v) is 9.05. The Morgan fingerprint density at radius 2 is 1.71 bits per heavy atom. The molecule has 1 unspecified atom stereocenters. The van der Waals surface area contributed by atoms with Crippen molar-refractivity contribution in [3.63, 3.8) is 0 Å². The second kappa shape index (κ2) is 6.83. The Kier molecular flexibility index (Phi) is 4.78. The van der Waals surface area contributed by atoms with Crippen molar-refractivity contribution in [2.75, 3.05) is 0 Å². The minimum absolute atomic E-state index is 0.342. The van der Waals surface area contributed by atoms with Gasteiger partial charge in [-0.15, -0.1) is 5.10 Å². The molecule has 0 saturated carbocycles. The zero-order chi connectivity index (χ0) is 17.2. The minimum Gasteiger partial charge on any atom is -0.242 e. The van der Waals surface area contributed by atoms with Crippen molar-refractivity contribution >= 4 is 22.0 Å². The summed E-state index contributed by atoms with van der Waals surface area (Å²) in [5.74, 6) is 0. The summed E-state index contributed by atoms with van der Waals surface area (Å²) in [5, 5.41) is 8.42. The highest BCUT2D eigenvalue weighted by Crippen LogP contribution is 2.20. The molecule has 0 N–H and O–H groups in total. The molecule has 0 spiro atoms. The number of hydrogen-bond donors (Lipinski definition) is 0. The maximum Gasteiger partial charge on any atom is 0.113 e. The first kappa shape index (κ1) is 16.8. The Labute approximate surface area is 144 Å². The van der Waals surface area contributed by atoms with Crippen LogP contribution >= 0.6 is 0 Å². The molecule has 126 valence electrons. The summed E-state index contributed by atoms with van der Waals surface area (Å²) in [4.78, 5) is 0. The van der Waals surface area contributed by atoms with Gasteiger partial charge in [0.05, 0.1) is 10.3 Å². The Balaban J connectivity index is 1.91. The van der Waals surface area contributed by atoms with Crippen LogP contribution in [-0.4, -0.2) is 28.3 Å². The topological polar surface area (TPSA) is 51.0 Å².